The van der Waals surface area contributed by atoms with Crippen molar-refractivity contribution in [3.05, 3.63) is 265 Å². The highest BCUT2D eigenvalue weighted by molar-refractivity contribution is 6.28. The van der Waals surface area contributed by atoms with E-state index >= 15 is 0 Å². The normalized spacial score (nSPS) is 14.2. The van der Waals surface area contributed by atoms with Gasteiger partial charge in [-0.2, -0.15) is 0 Å². The Bertz CT molecular complexity index is 3860. The summed E-state index contributed by atoms with van der Waals surface area (Å²) in [6.07, 6.45) is 0. The summed E-state index contributed by atoms with van der Waals surface area (Å²) in [6, 6.07) is 92.6. The van der Waals surface area contributed by atoms with Gasteiger partial charge < -0.3 is 0 Å². The molecule has 0 aliphatic heterocycles. The highest BCUT2D eigenvalue weighted by Crippen LogP contribution is 2.55. The molecule has 0 heteroatoms. The highest BCUT2D eigenvalue weighted by atomic mass is 14.4. The minimum absolute atomic E-state index is 0.342. The summed E-state index contributed by atoms with van der Waals surface area (Å²) < 4.78 is 0. The molecule has 1 unspecified atom stereocenters. The van der Waals surface area contributed by atoms with E-state index in [-0.39, 0.29) is 5.41 Å². The predicted octanol–water partition coefficient (Wildman–Crippen LogP) is 18.0. The summed E-state index contributed by atoms with van der Waals surface area (Å²) >= 11 is 0. The molecule has 0 heterocycles. The molecule has 0 fully saturated rings. The highest BCUT2D eigenvalue weighted by Gasteiger charge is 2.41. The van der Waals surface area contributed by atoms with Gasteiger partial charge in [-0.15, -0.1) is 0 Å². The maximum Gasteiger partial charge on any atom is 0.0435 e. The second kappa shape index (κ2) is 15.2. The Labute approximate surface area is 385 Å². The Kier molecular flexibility index (Phi) is 8.76. The van der Waals surface area contributed by atoms with E-state index in [9.17, 15) is 0 Å². The fraction of sp³-hybridized carbons (Fsp3) is 0.0303. The van der Waals surface area contributed by atoms with Crippen LogP contribution in [0.4, 0.5) is 0 Å². The number of fused-ring (bicyclic) bond motifs is 8. The molecule has 12 aromatic rings. The number of benzene rings is 12. The summed E-state index contributed by atoms with van der Waals surface area (Å²) in [6.45, 7) is 2.43. The molecule has 0 aromatic heterocycles. The first-order valence-electron chi connectivity index (χ1n) is 23.1. The second-order valence-corrected chi connectivity index (χ2v) is 18.1. The Hall–Kier alpha value is -8.32. The van der Waals surface area contributed by atoms with Crippen LogP contribution in [0.2, 0.25) is 0 Å². The third-order valence-corrected chi connectivity index (χ3v) is 14.5. The second-order valence-electron chi connectivity index (χ2n) is 18.1. The Morgan fingerprint density at radius 3 is 1.52 bits per heavy atom. The zero-order valence-corrected chi connectivity index (χ0v) is 36.7. The first-order chi connectivity index (χ1) is 32.6. The van der Waals surface area contributed by atoms with Gasteiger partial charge in [-0.1, -0.05) is 212 Å². The van der Waals surface area contributed by atoms with Crippen LogP contribution < -0.4 is 0 Å². The lowest BCUT2D eigenvalue weighted by Gasteiger charge is -2.29. The summed E-state index contributed by atoms with van der Waals surface area (Å²) in [5.41, 5.74) is 18.5. The van der Waals surface area contributed by atoms with Crippen molar-refractivity contribution in [1.29, 1.82) is 0 Å². The molecule has 66 heavy (non-hydrogen) atoms. The minimum atomic E-state index is -0.342. The summed E-state index contributed by atoms with van der Waals surface area (Å²) in [5, 5.41) is 10.0. The fourth-order valence-corrected chi connectivity index (χ4v) is 11.3. The van der Waals surface area contributed by atoms with Crippen LogP contribution in [0.15, 0.2) is 249 Å². The van der Waals surface area contributed by atoms with Gasteiger partial charge in [-0.05, 0) is 170 Å². The van der Waals surface area contributed by atoms with Crippen LogP contribution in [0, 0.1) is 0 Å². The van der Waals surface area contributed by atoms with Gasteiger partial charge in [0, 0.05) is 5.41 Å². The SMILES string of the molecule is CC1(c2ccccc2)c2cc(-c3cc(-c4ccccc4)cc(-c4c5ccccc5c(-c5ccccc5-c5ccccc5)c5c4ccc4ccccc45)c3)ccc2-c2cc3ccccc3cc21. The van der Waals surface area contributed by atoms with Gasteiger partial charge in [0.25, 0.3) is 0 Å². The van der Waals surface area contributed by atoms with Crippen LogP contribution >= 0.6 is 0 Å². The Morgan fingerprint density at radius 2 is 0.788 bits per heavy atom. The summed E-state index contributed by atoms with van der Waals surface area (Å²) in [4.78, 5) is 0. The average molecular weight is 837 g/mol. The molecule has 0 N–H and O–H groups in total. The summed E-state index contributed by atoms with van der Waals surface area (Å²) in [7, 11) is 0. The van der Waals surface area contributed by atoms with E-state index in [4.69, 9.17) is 0 Å². The number of rotatable bonds is 6. The van der Waals surface area contributed by atoms with Crippen LogP contribution in [0.25, 0.3) is 110 Å². The smallest absolute Gasteiger partial charge is 0.0435 e. The van der Waals surface area contributed by atoms with Crippen molar-refractivity contribution in [1.82, 2.24) is 0 Å². The van der Waals surface area contributed by atoms with Gasteiger partial charge in [0.15, 0.2) is 0 Å². The molecular formula is C66H44. The molecule has 1 aliphatic carbocycles. The molecule has 1 atom stereocenters. The van der Waals surface area contributed by atoms with Gasteiger partial charge in [0.1, 0.15) is 0 Å². The number of hydrogen-bond acceptors (Lipinski definition) is 0. The Balaban J connectivity index is 1.10. The quantitative estimate of drug-likeness (QED) is 0.116. The molecular weight excluding hydrogens is 793 g/mol. The first kappa shape index (κ1) is 38.2. The number of hydrogen-bond donors (Lipinski definition) is 0. The van der Waals surface area contributed by atoms with Gasteiger partial charge in [0.2, 0.25) is 0 Å². The molecule has 12 aromatic carbocycles. The monoisotopic (exact) mass is 836 g/mol. The van der Waals surface area contributed by atoms with E-state index in [2.05, 4.69) is 256 Å². The lowest BCUT2D eigenvalue weighted by molar-refractivity contribution is 0.715. The van der Waals surface area contributed by atoms with Crippen LogP contribution in [-0.2, 0) is 5.41 Å². The van der Waals surface area contributed by atoms with E-state index in [1.807, 2.05) is 0 Å². The zero-order chi connectivity index (χ0) is 43.8. The average Bonchev–Trinajstić information content (AvgIpc) is 3.64. The molecule has 1 aliphatic rings. The first-order valence-corrected chi connectivity index (χ1v) is 23.1. The molecule has 0 amide bonds. The van der Waals surface area contributed by atoms with E-state index < -0.39 is 0 Å². The molecule has 0 bridgehead atoms. The fourth-order valence-electron chi connectivity index (χ4n) is 11.3. The lowest BCUT2D eigenvalue weighted by atomic mass is 9.73. The van der Waals surface area contributed by atoms with Crippen molar-refractivity contribution in [2.24, 2.45) is 0 Å². The van der Waals surface area contributed by atoms with E-state index in [1.165, 1.54) is 127 Å². The Morgan fingerprint density at radius 1 is 0.258 bits per heavy atom. The topological polar surface area (TPSA) is 0 Å². The van der Waals surface area contributed by atoms with E-state index in [0.717, 1.165) is 0 Å². The van der Waals surface area contributed by atoms with Crippen LogP contribution in [0.1, 0.15) is 23.6 Å². The van der Waals surface area contributed by atoms with E-state index in [0.29, 0.717) is 0 Å². The van der Waals surface area contributed by atoms with Crippen molar-refractivity contribution in [3.8, 4) is 66.8 Å². The van der Waals surface area contributed by atoms with Crippen molar-refractivity contribution in [2.45, 2.75) is 12.3 Å². The van der Waals surface area contributed by atoms with Crippen molar-refractivity contribution in [2.75, 3.05) is 0 Å². The third kappa shape index (κ3) is 5.92. The molecule has 0 spiro atoms. The maximum absolute atomic E-state index is 2.49. The van der Waals surface area contributed by atoms with Gasteiger partial charge in [0.05, 0.1) is 0 Å². The minimum Gasteiger partial charge on any atom is -0.0622 e. The van der Waals surface area contributed by atoms with Crippen LogP contribution in [-0.4, -0.2) is 0 Å². The van der Waals surface area contributed by atoms with Gasteiger partial charge in [-0.3, -0.25) is 0 Å². The predicted molar refractivity (Wildman–Crippen MR) is 281 cm³/mol. The largest absolute Gasteiger partial charge is 0.0622 e. The molecule has 0 nitrogen and oxygen atoms in total. The zero-order valence-electron chi connectivity index (χ0n) is 36.7. The third-order valence-electron chi connectivity index (χ3n) is 14.5. The van der Waals surface area contributed by atoms with Crippen molar-refractivity contribution < 1.29 is 0 Å². The van der Waals surface area contributed by atoms with Gasteiger partial charge in [-0.25, -0.2) is 0 Å². The van der Waals surface area contributed by atoms with Crippen molar-refractivity contribution >= 4 is 43.1 Å². The van der Waals surface area contributed by atoms with Gasteiger partial charge >= 0.3 is 0 Å². The molecule has 0 saturated heterocycles. The van der Waals surface area contributed by atoms with Crippen LogP contribution in [0.5, 0.6) is 0 Å². The molecule has 0 radical (unpaired) electrons. The lowest BCUT2D eigenvalue weighted by Crippen LogP contribution is -2.22. The van der Waals surface area contributed by atoms with Crippen molar-refractivity contribution in [3.63, 3.8) is 0 Å². The van der Waals surface area contributed by atoms with Crippen LogP contribution in [0.3, 0.4) is 0 Å². The van der Waals surface area contributed by atoms with E-state index in [1.54, 1.807) is 0 Å². The molecule has 13 rings (SSSR count). The molecule has 0 saturated carbocycles. The molecule has 308 valence electrons. The maximum atomic E-state index is 2.49. The summed E-state index contributed by atoms with van der Waals surface area (Å²) in [5.74, 6) is 0. The standard InChI is InChI=1S/C66H44/c1-66(52-26-9-4-10-27-52)61-42-48(34-35-55(61)60-40-46-24-11-12-25-47(46)41-62(60)66)50-37-49(43-19-5-2-6-20-43)38-51(39-50)63-57-31-17-18-32-58(57)65(64-54-29-14-13-23-45(54)33-36-59(63)64)56-30-16-15-28-53(56)44-21-7-3-8-22-44/h2-42H,1H3.